The quantitative estimate of drug-likeness (QED) is 0.646. The molecule has 22 heavy (non-hydrogen) atoms. The minimum atomic E-state index is -0.472. The van der Waals surface area contributed by atoms with Crippen LogP contribution < -0.4 is 10.2 Å². The van der Waals surface area contributed by atoms with Gasteiger partial charge in [-0.25, -0.2) is 4.98 Å². The molecule has 116 valence electrons. The fraction of sp³-hybridized carbons (Fsp3) is 0.286. The van der Waals surface area contributed by atoms with E-state index in [1.807, 2.05) is 18.7 Å². The van der Waals surface area contributed by atoms with Gasteiger partial charge in [-0.3, -0.25) is 10.1 Å². The third-order valence-corrected chi connectivity index (χ3v) is 3.36. The molecule has 0 atom stereocenters. The number of nitro groups is 1. The molecule has 1 N–H and O–H groups in total. The molecule has 0 spiro atoms. The molecule has 8 heteroatoms. The van der Waals surface area contributed by atoms with Crippen molar-refractivity contribution in [2.75, 3.05) is 23.3 Å². The van der Waals surface area contributed by atoms with Crippen LogP contribution in [0.15, 0.2) is 30.5 Å². The topological polar surface area (TPSA) is 84.2 Å². The van der Waals surface area contributed by atoms with Gasteiger partial charge in [-0.1, -0.05) is 11.6 Å². The summed E-state index contributed by atoms with van der Waals surface area (Å²) in [6.45, 7) is 5.08. The van der Waals surface area contributed by atoms with Crippen molar-refractivity contribution in [1.82, 2.24) is 9.97 Å². The molecule has 1 aromatic heterocycles. The molecule has 7 nitrogen and oxygen atoms in total. The van der Waals surface area contributed by atoms with Gasteiger partial charge < -0.3 is 10.2 Å². The zero-order valence-electron chi connectivity index (χ0n) is 12.3. The highest BCUT2D eigenvalue weighted by Gasteiger charge is 2.21. The van der Waals surface area contributed by atoms with Crippen LogP contribution in [0.5, 0.6) is 0 Å². The zero-order valence-corrected chi connectivity index (χ0v) is 13.0. The first-order valence-electron chi connectivity index (χ1n) is 6.84. The van der Waals surface area contributed by atoms with E-state index in [0.717, 1.165) is 5.69 Å². The van der Waals surface area contributed by atoms with Gasteiger partial charge in [-0.15, -0.1) is 0 Å². The van der Waals surface area contributed by atoms with E-state index in [2.05, 4.69) is 15.3 Å². The standard InChI is InChI=1S/C14H16ClN5O2/c1-3-19(4-2)13-12(20(21)22)9-16-14(18-13)17-11-7-5-10(15)6-8-11/h5-9H,3-4H2,1-2H3,(H,16,17,18). The predicted octanol–water partition coefficient (Wildman–Crippen LogP) is 3.63. The molecule has 0 saturated heterocycles. The van der Waals surface area contributed by atoms with Gasteiger partial charge in [-0.2, -0.15) is 4.98 Å². The Morgan fingerprint density at radius 2 is 1.91 bits per heavy atom. The molecule has 0 unspecified atom stereocenters. The number of hydrogen-bond donors (Lipinski definition) is 1. The highest BCUT2D eigenvalue weighted by molar-refractivity contribution is 6.30. The van der Waals surface area contributed by atoms with Gasteiger partial charge in [0.15, 0.2) is 0 Å². The molecule has 0 aliphatic heterocycles. The number of benzene rings is 1. The third kappa shape index (κ3) is 3.62. The summed E-state index contributed by atoms with van der Waals surface area (Å²) in [4.78, 5) is 20.8. The summed E-state index contributed by atoms with van der Waals surface area (Å²) in [5.74, 6) is 0.608. The zero-order chi connectivity index (χ0) is 16.1. The van der Waals surface area contributed by atoms with Crippen LogP contribution in [0.25, 0.3) is 0 Å². The van der Waals surface area contributed by atoms with E-state index in [9.17, 15) is 10.1 Å². The minimum absolute atomic E-state index is 0.106. The molecule has 2 aromatic rings. The SMILES string of the molecule is CCN(CC)c1nc(Nc2ccc(Cl)cc2)ncc1[N+](=O)[O-]. The van der Waals surface area contributed by atoms with Crippen LogP contribution in [0.3, 0.4) is 0 Å². The first-order chi connectivity index (χ1) is 10.5. The average molecular weight is 322 g/mol. The van der Waals surface area contributed by atoms with E-state index in [4.69, 9.17) is 11.6 Å². The molecule has 0 aliphatic carbocycles. The number of nitrogens with one attached hydrogen (secondary N) is 1. The van der Waals surface area contributed by atoms with Gasteiger partial charge in [0.2, 0.25) is 11.8 Å². The monoisotopic (exact) mass is 321 g/mol. The van der Waals surface area contributed by atoms with E-state index in [1.165, 1.54) is 6.20 Å². The highest BCUT2D eigenvalue weighted by Crippen LogP contribution is 2.27. The second-order valence-electron chi connectivity index (χ2n) is 4.46. The van der Waals surface area contributed by atoms with Crippen LogP contribution >= 0.6 is 11.6 Å². The normalized spacial score (nSPS) is 10.3. The number of aromatic nitrogens is 2. The molecule has 0 saturated carbocycles. The highest BCUT2D eigenvalue weighted by atomic mass is 35.5. The van der Waals surface area contributed by atoms with Crippen LogP contribution in [-0.4, -0.2) is 28.0 Å². The number of anilines is 3. The van der Waals surface area contributed by atoms with Crippen molar-refractivity contribution >= 4 is 34.7 Å². The van der Waals surface area contributed by atoms with E-state index in [-0.39, 0.29) is 5.69 Å². The van der Waals surface area contributed by atoms with Crippen LogP contribution in [0, 0.1) is 10.1 Å². The third-order valence-electron chi connectivity index (χ3n) is 3.11. The maximum absolute atomic E-state index is 11.1. The van der Waals surface area contributed by atoms with Crippen LogP contribution in [0.2, 0.25) is 5.02 Å². The van der Waals surface area contributed by atoms with Crippen LogP contribution in [-0.2, 0) is 0 Å². The Morgan fingerprint density at radius 1 is 1.27 bits per heavy atom. The molecule has 1 heterocycles. The lowest BCUT2D eigenvalue weighted by molar-refractivity contribution is -0.384. The van der Waals surface area contributed by atoms with Gasteiger partial charge in [0, 0.05) is 23.8 Å². The van der Waals surface area contributed by atoms with Crippen molar-refractivity contribution in [2.45, 2.75) is 13.8 Å². The van der Waals surface area contributed by atoms with Crippen LogP contribution in [0.4, 0.5) is 23.1 Å². The molecule has 0 amide bonds. The number of nitrogens with zero attached hydrogens (tertiary/aromatic N) is 4. The fourth-order valence-electron chi connectivity index (χ4n) is 1.97. The van der Waals surface area contributed by atoms with E-state index < -0.39 is 4.92 Å². The summed E-state index contributed by atoms with van der Waals surface area (Å²) in [7, 11) is 0. The Kier molecular flexibility index (Phi) is 5.11. The van der Waals surface area contributed by atoms with Gasteiger partial charge in [0.05, 0.1) is 4.92 Å². The summed E-state index contributed by atoms with van der Waals surface area (Å²) < 4.78 is 0. The second kappa shape index (κ2) is 7.04. The maximum atomic E-state index is 11.1. The number of hydrogen-bond acceptors (Lipinski definition) is 6. The molecule has 0 fully saturated rings. The van der Waals surface area contributed by atoms with Crippen molar-refractivity contribution in [3.05, 3.63) is 45.6 Å². The lowest BCUT2D eigenvalue weighted by Gasteiger charge is -2.19. The Hall–Kier alpha value is -2.41. The van der Waals surface area contributed by atoms with Crippen molar-refractivity contribution in [1.29, 1.82) is 0 Å². The molecule has 0 bridgehead atoms. The largest absolute Gasteiger partial charge is 0.351 e. The summed E-state index contributed by atoms with van der Waals surface area (Å²) in [5, 5.41) is 14.8. The minimum Gasteiger partial charge on any atom is -0.351 e. The van der Waals surface area contributed by atoms with Crippen LogP contribution in [0.1, 0.15) is 13.8 Å². The second-order valence-corrected chi connectivity index (χ2v) is 4.90. The molecule has 0 aliphatic rings. The van der Waals surface area contributed by atoms with Crippen molar-refractivity contribution in [2.24, 2.45) is 0 Å². The smallest absolute Gasteiger partial charge is 0.329 e. The lowest BCUT2D eigenvalue weighted by Crippen LogP contribution is -2.24. The lowest BCUT2D eigenvalue weighted by atomic mass is 10.3. The summed E-state index contributed by atoms with van der Waals surface area (Å²) in [5.41, 5.74) is 0.647. The van der Waals surface area contributed by atoms with Gasteiger partial charge in [0.25, 0.3) is 0 Å². The Labute approximate surface area is 133 Å². The number of halogens is 1. The van der Waals surface area contributed by atoms with E-state index >= 15 is 0 Å². The molecule has 1 aromatic carbocycles. The fourth-order valence-corrected chi connectivity index (χ4v) is 2.10. The van der Waals surface area contributed by atoms with Crippen molar-refractivity contribution < 1.29 is 4.92 Å². The summed E-state index contributed by atoms with van der Waals surface area (Å²) in [6.07, 6.45) is 1.22. The Balaban J connectivity index is 2.35. The maximum Gasteiger partial charge on any atom is 0.329 e. The first kappa shape index (κ1) is 16.0. The number of rotatable bonds is 6. The molecule has 0 radical (unpaired) electrons. The summed E-state index contributed by atoms with van der Waals surface area (Å²) >= 11 is 5.83. The Bertz CT molecular complexity index is 659. The molecular formula is C14H16ClN5O2. The van der Waals surface area contributed by atoms with Gasteiger partial charge in [-0.05, 0) is 38.1 Å². The Morgan fingerprint density at radius 3 is 2.45 bits per heavy atom. The van der Waals surface area contributed by atoms with Gasteiger partial charge >= 0.3 is 5.69 Å². The summed E-state index contributed by atoms with van der Waals surface area (Å²) in [6, 6.07) is 7.04. The van der Waals surface area contributed by atoms with E-state index in [0.29, 0.717) is 29.9 Å². The van der Waals surface area contributed by atoms with Crippen molar-refractivity contribution in [3.63, 3.8) is 0 Å². The molecule has 2 rings (SSSR count). The predicted molar refractivity (Wildman–Crippen MR) is 87.0 cm³/mol. The molecular weight excluding hydrogens is 306 g/mol. The van der Waals surface area contributed by atoms with Crippen molar-refractivity contribution in [3.8, 4) is 0 Å². The van der Waals surface area contributed by atoms with E-state index in [1.54, 1.807) is 24.3 Å². The first-order valence-corrected chi connectivity index (χ1v) is 7.22. The average Bonchev–Trinajstić information content (AvgIpc) is 2.51. The van der Waals surface area contributed by atoms with Gasteiger partial charge in [0.1, 0.15) is 6.20 Å².